The molecule has 0 bridgehead atoms. The Kier molecular flexibility index (Phi) is 23.6. The summed E-state index contributed by atoms with van der Waals surface area (Å²) < 4.78 is 24.3. The molecule has 0 saturated carbocycles. The van der Waals surface area contributed by atoms with Crippen molar-refractivity contribution in [2.75, 3.05) is 26.4 Å². The summed E-state index contributed by atoms with van der Waals surface area (Å²) in [6.07, 6.45) is 10.7. The van der Waals surface area contributed by atoms with Gasteiger partial charge in [-0.15, -0.1) is 0 Å². The van der Waals surface area contributed by atoms with Crippen molar-refractivity contribution in [3.8, 4) is 0 Å². The molecule has 0 aromatic rings. The van der Waals surface area contributed by atoms with E-state index in [1.54, 1.807) is 0 Å². The van der Waals surface area contributed by atoms with Gasteiger partial charge in [0.15, 0.2) is 23.1 Å². The summed E-state index contributed by atoms with van der Waals surface area (Å²) in [5.74, 6) is -3.19. The number of ketones is 4. The fourth-order valence-electron chi connectivity index (χ4n) is 12.6. The van der Waals surface area contributed by atoms with Crippen LogP contribution in [-0.2, 0) is 57.3 Å². The van der Waals surface area contributed by atoms with Crippen LogP contribution in [0, 0.1) is 96.1 Å². The summed E-state index contributed by atoms with van der Waals surface area (Å²) >= 11 is 0. The fraction of sp³-hybridized carbons (Fsp3) is 0.781. The normalized spacial score (nSPS) is 25.0. The Balaban J connectivity index is 1.72. The van der Waals surface area contributed by atoms with E-state index in [1.807, 2.05) is 24.3 Å². The molecule has 0 aromatic heterocycles. The van der Waals surface area contributed by atoms with E-state index in [-0.39, 0.29) is 165 Å². The van der Waals surface area contributed by atoms with Crippen molar-refractivity contribution in [3.05, 3.63) is 46.6 Å². The molecule has 0 radical (unpaired) electrons. The van der Waals surface area contributed by atoms with Crippen molar-refractivity contribution in [1.29, 1.82) is 0 Å². The lowest BCUT2D eigenvalue weighted by atomic mass is 9.63. The Morgan fingerprint density at radius 2 is 0.471 bits per heavy atom. The lowest BCUT2D eigenvalue weighted by molar-refractivity contribution is -0.170. The number of allylic oxidation sites excluding steroid dienone is 8. The summed E-state index contributed by atoms with van der Waals surface area (Å²) in [6, 6.07) is 0. The van der Waals surface area contributed by atoms with Crippen LogP contribution in [0.3, 0.4) is 0 Å². The standard InChI is InChI=1S/C73H116O12/c1-65(2,3)49-33-45(61(78)53(37-49)69(13,14)15)25-29-57(74)82-41-73(42-83-58(75)30-26-46-34-50(66(4,5)6)38-54(62(46)79)70(16,17)18,43-84-59(76)31-27-47-35-51(67(7,8)9)39-55(63(47)80)71(19,20)21)44-85-60(77)32-28-48-36-52(68(10,11)12)40-56(64(48)81)72(22,23)24/h33-36,49-56H,25-32,37-44H2,1-24H3. The zero-order valence-corrected chi connectivity index (χ0v) is 57.6. The van der Waals surface area contributed by atoms with Gasteiger partial charge >= 0.3 is 23.9 Å². The van der Waals surface area contributed by atoms with E-state index < -0.39 is 55.7 Å². The van der Waals surface area contributed by atoms with E-state index >= 15 is 0 Å². The van der Waals surface area contributed by atoms with Crippen LogP contribution in [0.1, 0.15) is 243 Å². The number of rotatable bonds is 20. The molecule has 0 saturated heterocycles. The van der Waals surface area contributed by atoms with Gasteiger partial charge in [-0.2, -0.15) is 0 Å². The first-order chi connectivity index (χ1) is 38.4. The van der Waals surface area contributed by atoms with Crippen molar-refractivity contribution in [2.24, 2.45) is 96.1 Å². The molecular formula is C73H116O12. The molecule has 4 rings (SSSR count). The lowest BCUT2D eigenvalue weighted by Gasteiger charge is -2.40. The predicted octanol–water partition coefficient (Wildman–Crippen LogP) is 16.2. The van der Waals surface area contributed by atoms with E-state index in [0.29, 0.717) is 48.0 Å². The average molecular weight is 1190 g/mol. The Hall–Kier alpha value is -4.48. The predicted molar refractivity (Wildman–Crippen MR) is 338 cm³/mol. The number of esters is 4. The summed E-state index contributed by atoms with van der Waals surface area (Å²) in [6.45, 7) is 48.4. The topological polar surface area (TPSA) is 173 Å². The van der Waals surface area contributed by atoms with Crippen molar-refractivity contribution >= 4 is 47.0 Å². The monoisotopic (exact) mass is 1180 g/mol. The molecule has 85 heavy (non-hydrogen) atoms. The van der Waals surface area contributed by atoms with Crippen molar-refractivity contribution in [1.82, 2.24) is 0 Å². The van der Waals surface area contributed by atoms with Crippen LogP contribution in [0.4, 0.5) is 0 Å². The summed E-state index contributed by atoms with van der Waals surface area (Å²) in [7, 11) is 0. The van der Waals surface area contributed by atoms with E-state index in [0.717, 1.165) is 0 Å². The first kappa shape index (κ1) is 73.0. The summed E-state index contributed by atoms with van der Waals surface area (Å²) in [4.78, 5) is 113. The minimum atomic E-state index is -1.65. The highest BCUT2D eigenvalue weighted by molar-refractivity contribution is 6.01. The minimum absolute atomic E-state index is 0.0107. The van der Waals surface area contributed by atoms with Gasteiger partial charge in [0.05, 0.1) is 0 Å². The Labute approximate surface area is 514 Å². The van der Waals surface area contributed by atoms with Crippen molar-refractivity contribution < 1.29 is 57.3 Å². The smallest absolute Gasteiger partial charge is 0.306 e. The van der Waals surface area contributed by atoms with Gasteiger partial charge in [0.2, 0.25) is 0 Å². The zero-order valence-electron chi connectivity index (χ0n) is 57.6. The van der Waals surface area contributed by atoms with Crippen LogP contribution in [0.25, 0.3) is 0 Å². The maximum atomic E-state index is 14.1. The van der Waals surface area contributed by atoms with Gasteiger partial charge in [-0.25, -0.2) is 0 Å². The fourth-order valence-corrected chi connectivity index (χ4v) is 12.6. The van der Waals surface area contributed by atoms with Crippen LogP contribution < -0.4 is 0 Å². The molecule has 0 amide bonds. The maximum absolute atomic E-state index is 14.1. The Bertz CT molecular complexity index is 2220. The van der Waals surface area contributed by atoms with E-state index in [2.05, 4.69) is 166 Å². The van der Waals surface area contributed by atoms with Crippen LogP contribution in [0.2, 0.25) is 0 Å². The number of carbonyl (C=O) groups is 8. The molecule has 0 aromatic carbocycles. The first-order valence-electron chi connectivity index (χ1n) is 32.1. The van der Waals surface area contributed by atoms with Crippen LogP contribution in [0.15, 0.2) is 46.6 Å². The van der Waals surface area contributed by atoms with Crippen molar-refractivity contribution in [2.45, 2.75) is 243 Å². The van der Waals surface area contributed by atoms with Gasteiger partial charge in [0, 0.05) is 49.4 Å². The molecular weight excluding hydrogens is 1070 g/mol. The third-order valence-electron chi connectivity index (χ3n) is 19.3. The van der Waals surface area contributed by atoms with Crippen molar-refractivity contribution in [3.63, 3.8) is 0 Å². The van der Waals surface area contributed by atoms with Crippen LogP contribution >= 0.6 is 0 Å². The molecule has 8 atom stereocenters. The molecule has 0 aliphatic heterocycles. The van der Waals surface area contributed by atoms with Gasteiger partial charge in [0.25, 0.3) is 0 Å². The van der Waals surface area contributed by atoms with Crippen LogP contribution in [-0.4, -0.2) is 73.4 Å². The molecule has 0 fully saturated rings. The third-order valence-corrected chi connectivity index (χ3v) is 19.3. The van der Waals surface area contributed by atoms with Gasteiger partial charge in [-0.1, -0.05) is 190 Å². The first-order valence-corrected chi connectivity index (χ1v) is 32.1. The highest BCUT2D eigenvalue weighted by atomic mass is 16.6. The number of hydrogen-bond donors (Lipinski definition) is 0. The average Bonchev–Trinajstić information content (AvgIpc) is 3.16. The quantitative estimate of drug-likeness (QED) is 0.0835. The second kappa shape index (κ2) is 27.5. The van der Waals surface area contributed by atoms with Gasteiger partial charge in [0.1, 0.15) is 31.8 Å². The number of carbonyl (C=O) groups excluding carboxylic acids is 8. The molecule has 4 aliphatic rings. The summed E-state index contributed by atoms with van der Waals surface area (Å²) in [5, 5.41) is 0. The lowest BCUT2D eigenvalue weighted by Crippen LogP contribution is -2.44. The molecule has 4 aliphatic carbocycles. The Morgan fingerprint density at radius 1 is 0.306 bits per heavy atom. The molecule has 0 spiro atoms. The second-order valence-electron chi connectivity index (χ2n) is 34.9. The number of Topliss-reactive ketones (excluding diaryl/α,β-unsaturated/α-hetero) is 4. The molecule has 12 nitrogen and oxygen atoms in total. The molecule has 480 valence electrons. The second-order valence-corrected chi connectivity index (χ2v) is 34.9. The van der Waals surface area contributed by atoms with E-state index in [4.69, 9.17) is 18.9 Å². The van der Waals surface area contributed by atoms with Crippen LogP contribution in [0.5, 0.6) is 0 Å². The minimum Gasteiger partial charge on any atom is -0.465 e. The number of hydrogen-bond acceptors (Lipinski definition) is 12. The van der Waals surface area contributed by atoms with E-state index in [9.17, 15) is 38.4 Å². The maximum Gasteiger partial charge on any atom is 0.306 e. The van der Waals surface area contributed by atoms with Gasteiger partial charge in [-0.05, 0) is 141 Å². The molecule has 0 heterocycles. The summed E-state index contributed by atoms with van der Waals surface area (Å²) in [5.41, 5.74) is -1.11. The highest BCUT2D eigenvalue weighted by Crippen LogP contribution is 2.49. The third kappa shape index (κ3) is 20.8. The molecule has 12 heteroatoms. The molecule has 0 N–H and O–H groups in total. The van der Waals surface area contributed by atoms with Gasteiger partial charge in [-0.3, -0.25) is 38.4 Å². The highest BCUT2D eigenvalue weighted by Gasteiger charge is 2.46. The largest absolute Gasteiger partial charge is 0.465 e. The van der Waals surface area contributed by atoms with E-state index in [1.165, 1.54) is 0 Å². The Morgan fingerprint density at radius 3 is 0.612 bits per heavy atom. The SMILES string of the molecule is CC(C)(C)C1C=C(CCC(=O)OCC(COC(=O)CCC2=CC(C(C)(C)C)CC(C(C)(C)C)C2=O)(COC(=O)CCC2=CC(C(C)(C)C)CC(C(C)(C)C)C2=O)COC(=O)CCC2=CC(C(C)(C)C)CC(C(C)(C)C)C2=O)C(=O)C(C(C)(C)C)C1. The molecule has 8 unspecified atom stereocenters. The zero-order chi connectivity index (χ0) is 65.0. The van der Waals surface area contributed by atoms with Gasteiger partial charge < -0.3 is 18.9 Å². The number of ether oxygens (including phenoxy) is 4.